The van der Waals surface area contributed by atoms with E-state index in [1.807, 2.05) is 45.9 Å². The topological polar surface area (TPSA) is 42.3 Å². The van der Waals surface area contributed by atoms with E-state index < -0.39 is 0 Å². The second-order valence-corrected chi connectivity index (χ2v) is 6.31. The van der Waals surface area contributed by atoms with Crippen LogP contribution in [0.4, 0.5) is 0 Å². The van der Waals surface area contributed by atoms with Crippen molar-refractivity contribution in [3.63, 3.8) is 0 Å². The molecule has 2 atom stereocenters. The zero-order chi connectivity index (χ0) is 15.1. The van der Waals surface area contributed by atoms with Crippen molar-refractivity contribution in [2.75, 3.05) is 13.1 Å². The Morgan fingerprint density at radius 1 is 1.00 bits per heavy atom. The van der Waals surface area contributed by atoms with E-state index in [-0.39, 0.29) is 11.5 Å². The number of nitrogens with zero attached hydrogens (tertiary/aromatic N) is 2. The summed E-state index contributed by atoms with van der Waals surface area (Å²) in [7, 11) is 0. The van der Waals surface area contributed by atoms with E-state index in [0.29, 0.717) is 5.92 Å². The summed E-state index contributed by atoms with van der Waals surface area (Å²) in [6, 6.07) is 13.8. The molecule has 0 unspecified atom stereocenters. The molecule has 1 saturated heterocycles. The molecular weight excluding hydrogens is 276 g/mol. The van der Waals surface area contributed by atoms with E-state index in [1.54, 1.807) is 0 Å². The summed E-state index contributed by atoms with van der Waals surface area (Å²) in [5, 5.41) is 0. The van der Waals surface area contributed by atoms with Gasteiger partial charge in [0.15, 0.2) is 0 Å². The van der Waals surface area contributed by atoms with E-state index in [2.05, 4.69) is 6.07 Å². The molecule has 0 N–H and O–H groups in total. The average molecular weight is 294 g/mol. The fraction of sp³-hybridized carbons (Fsp3) is 0.333. The largest absolute Gasteiger partial charge is 0.344 e. The van der Waals surface area contributed by atoms with Gasteiger partial charge >= 0.3 is 0 Å². The van der Waals surface area contributed by atoms with Crippen LogP contribution in [0, 0.1) is 5.92 Å². The second-order valence-electron chi connectivity index (χ2n) is 6.31. The van der Waals surface area contributed by atoms with Crippen molar-refractivity contribution >= 4 is 6.41 Å². The Bertz CT molecular complexity index is 766. The van der Waals surface area contributed by atoms with Gasteiger partial charge in [-0.05, 0) is 30.0 Å². The quantitative estimate of drug-likeness (QED) is 0.796. The Kier molecular flexibility index (Phi) is 3.10. The van der Waals surface area contributed by atoms with Crippen LogP contribution in [0.2, 0.25) is 0 Å². The highest BCUT2D eigenvalue weighted by Gasteiger charge is 2.34. The van der Waals surface area contributed by atoms with Crippen molar-refractivity contribution in [1.82, 2.24) is 9.47 Å². The molecule has 0 spiro atoms. The van der Waals surface area contributed by atoms with Crippen molar-refractivity contribution in [3.05, 3.63) is 58.5 Å². The third-order valence-electron chi connectivity index (χ3n) is 4.87. The predicted octanol–water partition coefficient (Wildman–Crippen LogP) is 2.09. The average Bonchev–Trinajstić information content (AvgIpc) is 2.56. The summed E-state index contributed by atoms with van der Waals surface area (Å²) in [6.45, 7) is 2.21. The standard InChI is InChI=1S/C18H18N2O2/c21-12-19-9-13-8-15(11-19)17-7-6-16(18(22)20(17)10-13)14-4-2-1-3-5-14/h1-7,12-13,15H,8-11H2/t13-,15+/m0/s1. The van der Waals surface area contributed by atoms with Crippen LogP contribution in [-0.2, 0) is 11.3 Å². The van der Waals surface area contributed by atoms with Gasteiger partial charge in [0.25, 0.3) is 5.56 Å². The molecule has 0 aliphatic carbocycles. The first-order chi connectivity index (χ1) is 10.8. The second kappa shape index (κ2) is 5.13. The fourth-order valence-electron chi connectivity index (χ4n) is 3.91. The number of fused-ring (bicyclic) bond motifs is 4. The van der Waals surface area contributed by atoms with Crippen LogP contribution >= 0.6 is 0 Å². The summed E-state index contributed by atoms with van der Waals surface area (Å²) in [6.07, 6.45) is 2.01. The maximum absolute atomic E-state index is 12.9. The Morgan fingerprint density at radius 2 is 1.82 bits per heavy atom. The van der Waals surface area contributed by atoms with Gasteiger partial charge in [-0.25, -0.2) is 0 Å². The van der Waals surface area contributed by atoms with Gasteiger partial charge in [0.2, 0.25) is 6.41 Å². The maximum atomic E-state index is 12.9. The molecule has 1 fully saturated rings. The summed E-state index contributed by atoms with van der Waals surface area (Å²) >= 11 is 0. The minimum absolute atomic E-state index is 0.0953. The highest BCUT2D eigenvalue weighted by atomic mass is 16.1. The maximum Gasteiger partial charge on any atom is 0.258 e. The highest BCUT2D eigenvalue weighted by molar-refractivity contribution is 5.62. The van der Waals surface area contributed by atoms with Gasteiger partial charge in [-0.15, -0.1) is 0 Å². The van der Waals surface area contributed by atoms with Gasteiger partial charge in [-0.1, -0.05) is 30.3 Å². The van der Waals surface area contributed by atoms with E-state index in [9.17, 15) is 9.59 Å². The number of hydrogen-bond donors (Lipinski definition) is 0. The first-order valence-electron chi connectivity index (χ1n) is 7.75. The van der Waals surface area contributed by atoms with Gasteiger partial charge < -0.3 is 9.47 Å². The lowest BCUT2D eigenvalue weighted by atomic mass is 9.83. The molecule has 2 aromatic rings. The smallest absolute Gasteiger partial charge is 0.258 e. The molecule has 112 valence electrons. The number of pyridine rings is 1. The van der Waals surface area contributed by atoms with Crippen molar-refractivity contribution in [2.45, 2.75) is 18.9 Å². The minimum atomic E-state index is 0.0953. The van der Waals surface area contributed by atoms with E-state index in [4.69, 9.17) is 0 Å². The van der Waals surface area contributed by atoms with Crippen molar-refractivity contribution in [3.8, 4) is 11.1 Å². The number of aromatic nitrogens is 1. The van der Waals surface area contributed by atoms with Crippen molar-refractivity contribution in [1.29, 1.82) is 0 Å². The molecule has 0 radical (unpaired) electrons. The summed E-state index contributed by atoms with van der Waals surface area (Å²) in [4.78, 5) is 25.8. The minimum Gasteiger partial charge on any atom is -0.344 e. The lowest BCUT2D eigenvalue weighted by molar-refractivity contribution is -0.120. The molecule has 22 heavy (non-hydrogen) atoms. The van der Waals surface area contributed by atoms with Crippen LogP contribution in [0.25, 0.3) is 11.1 Å². The predicted molar refractivity (Wildman–Crippen MR) is 84.6 cm³/mol. The Hall–Kier alpha value is -2.36. The lowest BCUT2D eigenvalue weighted by Gasteiger charge is -2.41. The van der Waals surface area contributed by atoms with Gasteiger partial charge in [-0.2, -0.15) is 0 Å². The summed E-state index contributed by atoms with van der Waals surface area (Å²) in [5.74, 6) is 0.676. The normalized spacial score (nSPS) is 23.0. The van der Waals surface area contributed by atoms with E-state index >= 15 is 0 Å². The lowest BCUT2D eigenvalue weighted by Crippen LogP contribution is -2.46. The molecule has 3 heterocycles. The molecule has 2 bridgehead atoms. The summed E-state index contributed by atoms with van der Waals surface area (Å²) < 4.78 is 1.93. The monoisotopic (exact) mass is 294 g/mol. The first kappa shape index (κ1) is 13.3. The molecule has 1 aromatic carbocycles. The molecule has 4 heteroatoms. The van der Waals surface area contributed by atoms with Crippen molar-refractivity contribution < 1.29 is 4.79 Å². The van der Waals surface area contributed by atoms with Gasteiger partial charge in [-0.3, -0.25) is 9.59 Å². The third-order valence-corrected chi connectivity index (χ3v) is 4.87. The number of hydrogen-bond acceptors (Lipinski definition) is 2. The highest BCUT2D eigenvalue weighted by Crippen LogP contribution is 2.35. The molecule has 1 amide bonds. The zero-order valence-electron chi connectivity index (χ0n) is 12.3. The zero-order valence-corrected chi connectivity index (χ0v) is 12.3. The number of piperidine rings is 1. The van der Waals surface area contributed by atoms with Gasteiger partial charge in [0, 0.05) is 36.8 Å². The molecular formula is C18H18N2O2. The number of amides is 1. The third kappa shape index (κ3) is 2.06. The van der Waals surface area contributed by atoms with Crippen LogP contribution in [0.3, 0.4) is 0 Å². The number of carbonyl (C=O) groups excluding carboxylic acids is 1. The molecule has 4 rings (SSSR count). The SMILES string of the molecule is O=CN1C[C@@H]2C[C@H](C1)c1ccc(-c3ccccc3)c(=O)n1C2. The van der Waals surface area contributed by atoms with E-state index in [0.717, 1.165) is 49.3 Å². The molecule has 2 aliphatic rings. The van der Waals surface area contributed by atoms with Crippen molar-refractivity contribution in [2.24, 2.45) is 5.92 Å². The molecule has 2 aliphatic heterocycles. The fourth-order valence-corrected chi connectivity index (χ4v) is 3.91. The van der Waals surface area contributed by atoms with Crippen LogP contribution in [0.5, 0.6) is 0 Å². The number of rotatable bonds is 2. The van der Waals surface area contributed by atoms with Crippen LogP contribution < -0.4 is 5.56 Å². The first-order valence-corrected chi connectivity index (χ1v) is 7.75. The van der Waals surface area contributed by atoms with Crippen LogP contribution in [0.15, 0.2) is 47.3 Å². The van der Waals surface area contributed by atoms with Gasteiger partial charge in [0.1, 0.15) is 0 Å². The number of benzene rings is 1. The van der Waals surface area contributed by atoms with Gasteiger partial charge in [0.05, 0.1) is 0 Å². The number of carbonyl (C=O) groups is 1. The van der Waals surface area contributed by atoms with Crippen LogP contribution in [-0.4, -0.2) is 29.0 Å². The van der Waals surface area contributed by atoms with Crippen LogP contribution in [0.1, 0.15) is 18.0 Å². The molecule has 1 aromatic heterocycles. The summed E-state index contributed by atoms with van der Waals surface area (Å²) in [5.41, 5.74) is 2.90. The molecule has 4 nitrogen and oxygen atoms in total. The Balaban J connectivity index is 1.80. The number of likely N-dealkylation sites (tertiary alicyclic amines) is 1. The molecule has 0 saturated carbocycles. The Labute approximate surface area is 129 Å². The Morgan fingerprint density at radius 3 is 2.59 bits per heavy atom. The van der Waals surface area contributed by atoms with E-state index in [1.165, 1.54) is 0 Å².